The number of methoxy groups -OCH3 is 1. The van der Waals surface area contributed by atoms with E-state index in [1.54, 1.807) is 24.3 Å². The van der Waals surface area contributed by atoms with Crippen molar-refractivity contribution in [3.63, 3.8) is 0 Å². The number of phenolic OH excluding ortho intramolecular Hbond substituents is 1. The topological polar surface area (TPSA) is 114 Å². The first-order chi connectivity index (χ1) is 11.0. The van der Waals surface area contributed by atoms with Gasteiger partial charge in [0.1, 0.15) is 11.5 Å². The van der Waals surface area contributed by atoms with E-state index in [-0.39, 0.29) is 17.0 Å². The highest BCUT2D eigenvalue weighted by atomic mass is 16.6. The molecule has 0 radical (unpaired) electrons. The zero-order chi connectivity index (χ0) is 16.8. The van der Waals surface area contributed by atoms with Crippen LogP contribution in [0.15, 0.2) is 47.6 Å². The lowest BCUT2D eigenvalue weighted by molar-refractivity contribution is -0.385. The highest BCUT2D eigenvalue weighted by molar-refractivity contribution is 5.95. The zero-order valence-corrected chi connectivity index (χ0v) is 12.1. The summed E-state index contributed by atoms with van der Waals surface area (Å²) in [5.74, 6) is -0.00863. The highest BCUT2D eigenvalue weighted by Gasteiger charge is 2.12. The van der Waals surface area contributed by atoms with E-state index < -0.39 is 10.8 Å². The molecule has 0 aliphatic carbocycles. The molecule has 0 aliphatic heterocycles. The average Bonchev–Trinajstić information content (AvgIpc) is 2.54. The lowest BCUT2D eigenvalue weighted by Crippen LogP contribution is -2.17. The molecule has 2 aromatic rings. The van der Waals surface area contributed by atoms with Crippen molar-refractivity contribution in [1.29, 1.82) is 0 Å². The van der Waals surface area contributed by atoms with Gasteiger partial charge in [-0.1, -0.05) is 0 Å². The summed E-state index contributed by atoms with van der Waals surface area (Å²) in [6, 6.07) is 9.90. The highest BCUT2D eigenvalue weighted by Crippen LogP contribution is 2.21. The third-order valence-electron chi connectivity index (χ3n) is 2.93. The van der Waals surface area contributed by atoms with Crippen LogP contribution in [0.1, 0.15) is 15.9 Å². The van der Waals surface area contributed by atoms with Gasteiger partial charge in [0.05, 0.1) is 23.8 Å². The van der Waals surface area contributed by atoms with Crippen LogP contribution in [0, 0.1) is 10.1 Å². The molecule has 8 nitrogen and oxygen atoms in total. The fourth-order valence-corrected chi connectivity index (χ4v) is 1.78. The number of carbonyl (C=O) groups excluding carboxylic acids is 1. The summed E-state index contributed by atoms with van der Waals surface area (Å²) < 4.78 is 4.99. The molecule has 0 unspecified atom stereocenters. The predicted molar refractivity (Wildman–Crippen MR) is 82.8 cm³/mol. The summed E-state index contributed by atoms with van der Waals surface area (Å²) in [6.07, 6.45) is 1.10. The van der Waals surface area contributed by atoms with Crippen molar-refractivity contribution in [2.45, 2.75) is 0 Å². The summed E-state index contributed by atoms with van der Waals surface area (Å²) >= 11 is 0. The predicted octanol–water partition coefficient (Wildman–Crippen LogP) is 2.07. The van der Waals surface area contributed by atoms with Crippen LogP contribution in [0.4, 0.5) is 5.69 Å². The van der Waals surface area contributed by atoms with E-state index in [1.807, 2.05) is 0 Å². The van der Waals surface area contributed by atoms with Crippen molar-refractivity contribution in [2.24, 2.45) is 5.10 Å². The number of hydrogen-bond acceptors (Lipinski definition) is 6. The number of hydrogen-bond donors (Lipinski definition) is 2. The second-order valence-electron chi connectivity index (χ2n) is 4.43. The number of benzene rings is 2. The van der Waals surface area contributed by atoms with Gasteiger partial charge in [-0.15, -0.1) is 0 Å². The molecule has 2 aromatic carbocycles. The number of carbonyl (C=O) groups is 1. The summed E-state index contributed by atoms with van der Waals surface area (Å²) in [7, 11) is 1.52. The van der Waals surface area contributed by atoms with E-state index in [1.165, 1.54) is 19.2 Å². The maximum atomic E-state index is 11.9. The van der Waals surface area contributed by atoms with Crippen molar-refractivity contribution in [3.05, 3.63) is 63.7 Å². The number of amides is 1. The van der Waals surface area contributed by atoms with Crippen LogP contribution in [-0.2, 0) is 0 Å². The van der Waals surface area contributed by atoms with Crippen molar-refractivity contribution >= 4 is 17.8 Å². The van der Waals surface area contributed by atoms with Crippen molar-refractivity contribution in [1.82, 2.24) is 5.43 Å². The molecule has 0 spiro atoms. The lowest BCUT2D eigenvalue weighted by atomic mass is 10.2. The Morgan fingerprint density at radius 2 is 2.00 bits per heavy atom. The third kappa shape index (κ3) is 4.03. The van der Waals surface area contributed by atoms with Gasteiger partial charge >= 0.3 is 0 Å². The Morgan fingerprint density at radius 1 is 1.30 bits per heavy atom. The largest absolute Gasteiger partial charge is 0.508 e. The molecule has 2 rings (SSSR count). The number of nitrogens with zero attached hydrogens (tertiary/aromatic N) is 2. The second kappa shape index (κ2) is 7.03. The fourth-order valence-electron chi connectivity index (χ4n) is 1.78. The standard InChI is InChI=1S/C15H13N3O5/c1-23-13-5-2-10(3-6-13)15(20)17-16-9-11-8-12(19)4-7-14(11)18(21)22/h2-9,19H,1H3,(H,17,20)/b16-9+. The SMILES string of the molecule is COc1ccc(C(=O)N/N=C/c2cc(O)ccc2[N+](=O)[O-])cc1. The quantitative estimate of drug-likeness (QED) is 0.498. The molecule has 1 amide bonds. The van der Waals surface area contributed by atoms with Crippen molar-refractivity contribution in [3.8, 4) is 11.5 Å². The molecular formula is C15H13N3O5. The molecule has 0 aliphatic rings. The minimum atomic E-state index is -0.605. The Morgan fingerprint density at radius 3 is 2.61 bits per heavy atom. The zero-order valence-electron chi connectivity index (χ0n) is 12.1. The van der Waals surface area contributed by atoms with Gasteiger partial charge in [0.15, 0.2) is 0 Å². The van der Waals surface area contributed by atoms with Crippen molar-refractivity contribution in [2.75, 3.05) is 7.11 Å². The van der Waals surface area contributed by atoms with E-state index in [2.05, 4.69) is 10.5 Å². The summed E-state index contributed by atoms with van der Waals surface area (Å²) in [5, 5.41) is 23.9. The Labute approximate surface area is 131 Å². The van der Waals surface area contributed by atoms with Crippen LogP contribution >= 0.6 is 0 Å². The van der Waals surface area contributed by atoms with Gasteiger partial charge in [-0.2, -0.15) is 5.10 Å². The molecule has 0 saturated carbocycles. The smallest absolute Gasteiger partial charge is 0.278 e. The van der Waals surface area contributed by atoms with Gasteiger partial charge < -0.3 is 9.84 Å². The van der Waals surface area contributed by atoms with Gasteiger partial charge in [-0.05, 0) is 36.4 Å². The molecule has 2 N–H and O–H groups in total. The van der Waals surface area contributed by atoms with E-state index >= 15 is 0 Å². The molecule has 118 valence electrons. The maximum Gasteiger partial charge on any atom is 0.278 e. The first-order valence-corrected chi connectivity index (χ1v) is 6.46. The lowest BCUT2D eigenvalue weighted by Gasteiger charge is -2.02. The number of phenols is 1. The van der Waals surface area contributed by atoms with Gasteiger partial charge in [-0.3, -0.25) is 14.9 Å². The Kier molecular flexibility index (Phi) is 4.88. The van der Waals surface area contributed by atoms with E-state index in [4.69, 9.17) is 4.74 Å². The molecule has 0 heterocycles. The number of nitro groups is 1. The number of ether oxygens (including phenoxy) is 1. The van der Waals surface area contributed by atoms with E-state index in [9.17, 15) is 20.0 Å². The van der Waals surface area contributed by atoms with Crippen LogP contribution in [0.3, 0.4) is 0 Å². The fraction of sp³-hybridized carbons (Fsp3) is 0.0667. The van der Waals surface area contributed by atoms with Crippen LogP contribution in [0.2, 0.25) is 0 Å². The van der Waals surface area contributed by atoms with Gasteiger partial charge in [0.2, 0.25) is 0 Å². The third-order valence-corrected chi connectivity index (χ3v) is 2.93. The van der Waals surface area contributed by atoms with Gasteiger partial charge in [0, 0.05) is 11.6 Å². The van der Waals surface area contributed by atoms with E-state index in [0.29, 0.717) is 11.3 Å². The van der Waals surface area contributed by atoms with Crippen LogP contribution < -0.4 is 10.2 Å². The minimum absolute atomic E-state index is 0.0741. The Balaban J connectivity index is 2.10. The van der Waals surface area contributed by atoms with Crippen LogP contribution in [-0.4, -0.2) is 29.3 Å². The van der Waals surface area contributed by atoms with Gasteiger partial charge in [-0.25, -0.2) is 5.43 Å². The Hall–Kier alpha value is -3.42. The molecule has 0 aromatic heterocycles. The minimum Gasteiger partial charge on any atom is -0.508 e. The molecule has 8 heteroatoms. The number of nitrogens with one attached hydrogen (secondary N) is 1. The first-order valence-electron chi connectivity index (χ1n) is 6.46. The van der Waals surface area contributed by atoms with E-state index in [0.717, 1.165) is 12.3 Å². The Bertz CT molecular complexity index is 756. The second-order valence-corrected chi connectivity index (χ2v) is 4.43. The first kappa shape index (κ1) is 16.0. The number of hydrazone groups is 1. The van der Waals surface area contributed by atoms with Crippen LogP contribution in [0.25, 0.3) is 0 Å². The summed E-state index contributed by atoms with van der Waals surface area (Å²) in [5.41, 5.74) is 2.45. The summed E-state index contributed by atoms with van der Waals surface area (Å²) in [6.45, 7) is 0. The molecule has 23 heavy (non-hydrogen) atoms. The van der Waals surface area contributed by atoms with Crippen molar-refractivity contribution < 1.29 is 19.6 Å². The molecule has 0 fully saturated rings. The monoisotopic (exact) mass is 315 g/mol. The normalized spacial score (nSPS) is 10.5. The van der Waals surface area contributed by atoms with Gasteiger partial charge in [0.25, 0.3) is 11.6 Å². The molecule has 0 bridgehead atoms. The number of rotatable bonds is 5. The average molecular weight is 315 g/mol. The molecule has 0 atom stereocenters. The molecular weight excluding hydrogens is 302 g/mol. The number of nitro benzene ring substituents is 1. The van der Waals surface area contributed by atoms with Crippen LogP contribution in [0.5, 0.6) is 11.5 Å². The molecule has 0 saturated heterocycles. The maximum absolute atomic E-state index is 11.9. The number of aromatic hydroxyl groups is 1. The summed E-state index contributed by atoms with van der Waals surface area (Å²) in [4.78, 5) is 22.1.